The third-order valence-electron chi connectivity index (χ3n) is 6.84. The predicted octanol–water partition coefficient (Wildman–Crippen LogP) is 4.01. The highest BCUT2D eigenvalue weighted by Gasteiger charge is 2.94. The van der Waals surface area contributed by atoms with Crippen molar-refractivity contribution in [2.45, 2.75) is 39.0 Å². The van der Waals surface area contributed by atoms with Gasteiger partial charge in [-0.1, -0.05) is 51.1 Å². The molecule has 0 spiro atoms. The van der Waals surface area contributed by atoms with Crippen LogP contribution in [0, 0.1) is 22.7 Å². The quantitative estimate of drug-likeness (QED) is 0.660. The van der Waals surface area contributed by atoms with E-state index in [0.29, 0.717) is 16.2 Å². The maximum Gasteiger partial charge on any atom is 0.0103 e. The molecule has 4 rings (SSSR count). The number of fused-ring (bicyclic) bond motifs is 4. The van der Waals surface area contributed by atoms with Crippen LogP contribution in [-0.2, 0) is 5.41 Å². The molecule has 0 amide bonds. The molecule has 3 fully saturated rings. The van der Waals surface area contributed by atoms with Crippen molar-refractivity contribution in [3.05, 3.63) is 35.9 Å². The average molecular weight is 212 g/mol. The minimum absolute atomic E-state index is 0.521. The molecule has 0 heterocycles. The highest BCUT2D eigenvalue weighted by atomic mass is 15.0. The van der Waals surface area contributed by atoms with E-state index in [1.807, 2.05) is 0 Å². The fourth-order valence-electron chi connectivity index (χ4n) is 5.96. The molecule has 0 N–H and O–H groups in total. The summed E-state index contributed by atoms with van der Waals surface area (Å²) in [6.07, 6.45) is 2.96. The van der Waals surface area contributed by atoms with Crippen LogP contribution in [0.1, 0.15) is 39.2 Å². The molecule has 0 radical (unpaired) electrons. The molecule has 16 heavy (non-hydrogen) atoms. The Bertz CT molecular complexity index is 458. The first kappa shape index (κ1) is 9.27. The van der Waals surface area contributed by atoms with E-state index in [1.54, 1.807) is 5.56 Å². The summed E-state index contributed by atoms with van der Waals surface area (Å²) in [7, 11) is 0. The zero-order chi connectivity index (χ0) is 11.2. The minimum Gasteiger partial charge on any atom is -0.0622 e. The fourth-order valence-corrected chi connectivity index (χ4v) is 5.96. The van der Waals surface area contributed by atoms with E-state index < -0.39 is 0 Å². The van der Waals surface area contributed by atoms with E-state index >= 15 is 0 Å². The topological polar surface area (TPSA) is 0 Å². The van der Waals surface area contributed by atoms with Gasteiger partial charge in [0.25, 0.3) is 0 Å². The summed E-state index contributed by atoms with van der Waals surface area (Å²) in [5.74, 6) is 2.03. The molecule has 3 saturated carbocycles. The van der Waals surface area contributed by atoms with Crippen molar-refractivity contribution in [2.75, 3.05) is 0 Å². The van der Waals surface area contributed by atoms with Gasteiger partial charge in [0, 0.05) is 5.41 Å². The van der Waals surface area contributed by atoms with Crippen LogP contribution < -0.4 is 0 Å². The van der Waals surface area contributed by atoms with Crippen LogP contribution in [0.4, 0.5) is 0 Å². The molecule has 3 aliphatic rings. The van der Waals surface area contributed by atoms with E-state index in [4.69, 9.17) is 0 Å². The number of hydrogen-bond donors (Lipinski definition) is 0. The summed E-state index contributed by atoms with van der Waals surface area (Å²) in [5.41, 5.74) is 3.27. The summed E-state index contributed by atoms with van der Waals surface area (Å²) in [6, 6.07) is 11.3. The standard InChI is InChI=1S/C16H20/c1-14(2)15(3)12-9-10-13(12)16(14,15)11-7-5-4-6-8-11/h4-8,12-13H,9-10H2,1-3H3/t12-,13-,15-,16-/m0/s1. The Morgan fingerprint density at radius 3 is 2.06 bits per heavy atom. The van der Waals surface area contributed by atoms with Crippen LogP contribution in [0.15, 0.2) is 30.3 Å². The van der Waals surface area contributed by atoms with Gasteiger partial charge in [-0.05, 0) is 41.1 Å². The molecule has 1 aromatic carbocycles. The Labute approximate surface area is 98.1 Å². The van der Waals surface area contributed by atoms with Crippen molar-refractivity contribution in [1.82, 2.24) is 0 Å². The van der Waals surface area contributed by atoms with Gasteiger partial charge >= 0.3 is 0 Å². The molecule has 0 aromatic heterocycles. The largest absolute Gasteiger partial charge is 0.0622 e. The van der Waals surface area contributed by atoms with Crippen molar-refractivity contribution in [3.63, 3.8) is 0 Å². The second-order valence-electron chi connectivity index (χ2n) is 6.79. The lowest BCUT2D eigenvalue weighted by atomic mass is 9.46. The SMILES string of the molecule is CC1(C)[C@]2(C)[C@H]3CC[C@@H]3[C@@]12c1ccccc1. The first-order valence-electron chi connectivity index (χ1n) is 6.64. The lowest BCUT2D eigenvalue weighted by Gasteiger charge is -2.58. The van der Waals surface area contributed by atoms with Crippen LogP contribution in [-0.4, -0.2) is 0 Å². The van der Waals surface area contributed by atoms with Crippen LogP contribution >= 0.6 is 0 Å². The van der Waals surface area contributed by atoms with Crippen molar-refractivity contribution in [2.24, 2.45) is 22.7 Å². The third-order valence-corrected chi connectivity index (χ3v) is 6.84. The van der Waals surface area contributed by atoms with Crippen LogP contribution in [0.2, 0.25) is 0 Å². The van der Waals surface area contributed by atoms with E-state index in [0.717, 1.165) is 11.8 Å². The minimum atomic E-state index is 0.521. The van der Waals surface area contributed by atoms with Gasteiger partial charge in [0.15, 0.2) is 0 Å². The van der Waals surface area contributed by atoms with Gasteiger partial charge in [-0.25, -0.2) is 0 Å². The lowest BCUT2D eigenvalue weighted by Crippen LogP contribution is -2.54. The molecular weight excluding hydrogens is 192 g/mol. The second kappa shape index (κ2) is 2.25. The van der Waals surface area contributed by atoms with Crippen LogP contribution in [0.3, 0.4) is 0 Å². The molecule has 0 saturated heterocycles. The second-order valence-corrected chi connectivity index (χ2v) is 6.79. The fraction of sp³-hybridized carbons (Fsp3) is 0.625. The zero-order valence-electron chi connectivity index (χ0n) is 10.5. The molecule has 3 aliphatic carbocycles. The smallest absolute Gasteiger partial charge is 0.0103 e. The highest BCUT2D eigenvalue weighted by molar-refractivity contribution is 5.54. The molecular formula is C16H20. The number of benzene rings is 1. The summed E-state index contributed by atoms with van der Waals surface area (Å²) in [5, 5.41) is 0. The first-order valence-corrected chi connectivity index (χ1v) is 6.64. The highest BCUT2D eigenvalue weighted by Crippen LogP contribution is 2.96. The Morgan fingerprint density at radius 2 is 1.56 bits per heavy atom. The Hall–Kier alpha value is -0.780. The molecule has 0 heteroatoms. The Morgan fingerprint density at radius 1 is 0.938 bits per heavy atom. The van der Waals surface area contributed by atoms with Gasteiger partial charge in [-0.2, -0.15) is 0 Å². The van der Waals surface area contributed by atoms with Gasteiger partial charge in [-0.15, -0.1) is 0 Å². The van der Waals surface area contributed by atoms with E-state index in [-0.39, 0.29) is 0 Å². The summed E-state index contributed by atoms with van der Waals surface area (Å²) in [6.45, 7) is 7.54. The van der Waals surface area contributed by atoms with E-state index in [1.165, 1.54) is 12.8 Å². The zero-order valence-corrected chi connectivity index (χ0v) is 10.5. The van der Waals surface area contributed by atoms with Gasteiger partial charge in [-0.3, -0.25) is 0 Å². The Kier molecular flexibility index (Phi) is 1.30. The summed E-state index contributed by atoms with van der Waals surface area (Å²) >= 11 is 0. The molecule has 1 aromatic rings. The molecule has 84 valence electrons. The number of hydrogen-bond acceptors (Lipinski definition) is 0. The number of rotatable bonds is 1. The third kappa shape index (κ3) is 0.563. The van der Waals surface area contributed by atoms with Crippen molar-refractivity contribution in [1.29, 1.82) is 0 Å². The average Bonchev–Trinajstić information content (AvgIpc) is 2.56. The molecule has 4 atom stereocenters. The predicted molar refractivity (Wildman–Crippen MR) is 66.2 cm³/mol. The molecule has 0 aliphatic heterocycles. The maximum atomic E-state index is 2.54. The summed E-state index contributed by atoms with van der Waals surface area (Å²) < 4.78 is 0. The molecule has 0 unspecified atom stereocenters. The van der Waals surface area contributed by atoms with Gasteiger partial charge in [0.1, 0.15) is 0 Å². The molecule has 0 bridgehead atoms. The van der Waals surface area contributed by atoms with E-state index in [2.05, 4.69) is 51.1 Å². The van der Waals surface area contributed by atoms with Gasteiger partial charge in [0.05, 0.1) is 0 Å². The first-order chi connectivity index (χ1) is 7.58. The summed E-state index contributed by atoms with van der Waals surface area (Å²) in [4.78, 5) is 0. The van der Waals surface area contributed by atoms with Gasteiger partial charge in [0.2, 0.25) is 0 Å². The maximum absolute atomic E-state index is 2.54. The Balaban J connectivity index is 1.90. The van der Waals surface area contributed by atoms with Crippen molar-refractivity contribution < 1.29 is 0 Å². The van der Waals surface area contributed by atoms with Crippen LogP contribution in [0.25, 0.3) is 0 Å². The van der Waals surface area contributed by atoms with Crippen molar-refractivity contribution in [3.8, 4) is 0 Å². The lowest BCUT2D eigenvalue weighted by molar-refractivity contribution is -0.0482. The normalized spacial score (nSPS) is 50.7. The van der Waals surface area contributed by atoms with E-state index in [9.17, 15) is 0 Å². The van der Waals surface area contributed by atoms with Gasteiger partial charge < -0.3 is 0 Å². The van der Waals surface area contributed by atoms with Crippen LogP contribution in [0.5, 0.6) is 0 Å². The monoisotopic (exact) mass is 212 g/mol. The molecule has 0 nitrogen and oxygen atoms in total. The van der Waals surface area contributed by atoms with Crippen molar-refractivity contribution >= 4 is 0 Å².